The molecule has 0 aliphatic carbocycles. The smallest absolute Gasteiger partial charge is 0.252 e. The molecule has 0 atom stereocenters. The van der Waals surface area contributed by atoms with E-state index in [1.54, 1.807) is 12.1 Å². The molecule has 18 heavy (non-hydrogen) atoms. The van der Waals surface area contributed by atoms with Crippen molar-refractivity contribution in [3.63, 3.8) is 0 Å². The predicted octanol–water partition coefficient (Wildman–Crippen LogP) is 3.49. The summed E-state index contributed by atoms with van der Waals surface area (Å²) in [6, 6.07) is 5.27. The van der Waals surface area contributed by atoms with Gasteiger partial charge in [-0.2, -0.15) is 0 Å². The Hall–Kier alpha value is -0.330. The topological polar surface area (TPSA) is 38.3 Å². The standard InChI is InChI=1S/C13H17ClINO2/c1-4-18-13(2,3)8-16-12(17)10-7-9(14)5-6-11(10)15/h5-7H,4,8H2,1-3H3,(H,16,17). The molecule has 1 aromatic rings. The minimum atomic E-state index is -0.367. The maximum absolute atomic E-state index is 12.0. The van der Waals surface area contributed by atoms with Crippen LogP contribution in [-0.4, -0.2) is 24.7 Å². The van der Waals surface area contributed by atoms with Gasteiger partial charge in [0.2, 0.25) is 0 Å². The van der Waals surface area contributed by atoms with Gasteiger partial charge in [-0.3, -0.25) is 4.79 Å². The molecule has 0 fully saturated rings. The summed E-state index contributed by atoms with van der Waals surface area (Å²) >= 11 is 8.01. The van der Waals surface area contributed by atoms with Crippen LogP contribution in [-0.2, 0) is 4.74 Å². The van der Waals surface area contributed by atoms with Crippen LogP contribution in [0.2, 0.25) is 5.02 Å². The number of amides is 1. The van der Waals surface area contributed by atoms with Crippen LogP contribution in [0.5, 0.6) is 0 Å². The SMILES string of the molecule is CCOC(C)(C)CNC(=O)c1cc(Cl)ccc1I. The highest BCUT2D eigenvalue weighted by molar-refractivity contribution is 14.1. The summed E-state index contributed by atoms with van der Waals surface area (Å²) in [5.41, 5.74) is 0.226. The Labute approximate surface area is 126 Å². The molecule has 1 aromatic carbocycles. The normalized spacial score (nSPS) is 11.4. The summed E-state index contributed by atoms with van der Waals surface area (Å²) in [5.74, 6) is -0.130. The van der Waals surface area contributed by atoms with Crippen LogP contribution in [0.15, 0.2) is 18.2 Å². The van der Waals surface area contributed by atoms with Gasteiger partial charge < -0.3 is 10.1 Å². The first-order valence-electron chi connectivity index (χ1n) is 5.73. The molecule has 0 aliphatic rings. The van der Waals surface area contributed by atoms with Crippen molar-refractivity contribution in [3.8, 4) is 0 Å². The lowest BCUT2D eigenvalue weighted by Crippen LogP contribution is -2.40. The second-order valence-electron chi connectivity index (χ2n) is 4.50. The van der Waals surface area contributed by atoms with Crippen LogP contribution >= 0.6 is 34.2 Å². The van der Waals surface area contributed by atoms with Crippen LogP contribution < -0.4 is 5.32 Å². The highest BCUT2D eigenvalue weighted by Gasteiger charge is 2.19. The lowest BCUT2D eigenvalue weighted by Gasteiger charge is -2.25. The van der Waals surface area contributed by atoms with Crippen LogP contribution in [0.1, 0.15) is 31.1 Å². The summed E-state index contributed by atoms with van der Waals surface area (Å²) in [6.45, 7) is 6.91. The molecule has 0 saturated carbocycles. The van der Waals surface area contributed by atoms with E-state index >= 15 is 0 Å². The molecule has 0 aromatic heterocycles. The molecule has 1 amide bonds. The van der Waals surface area contributed by atoms with Crippen molar-refractivity contribution < 1.29 is 9.53 Å². The van der Waals surface area contributed by atoms with Gasteiger partial charge in [-0.25, -0.2) is 0 Å². The number of halogens is 2. The zero-order valence-electron chi connectivity index (χ0n) is 10.7. The molecule has 3 nitrogen and oxygen atoms in total. The first kappa shape index (κ1) is 15.7. The molecule has 0 saturated heterocycles. The number of carbonyl (C=O) groups is 1. The molecule has 0 unspecified atom stereocenters. The molecule has 100 valence electrons. The van der Waals surface area contributed by atoms with Crippen LogP contribution in [0, 0.1) is 3.57 Å². The van der Waals surface area contributed by atoms with Crippen molar-refractivity contribution in [2.24, 2.45) is 0 Å². The molecule has 1 rings (SSSR count). The summed E-state index contributed by atoms with van der Waals surface area (Å²) in [7, 11) is 0. The highest BCUT2D eigenvalue weighted by Crippen LogP contribution is 2.18. The number of hydrogen-bond acceptors (Lipinski definition) is 2. The van der Waals surface area contributed by atoms with Crippen LogP contribution in [0.25, 0.3) is 0 Å². The number of hydrogen-bond donors (Lipinski definition) is 1. The number of carbonyl (C=O) groups excluding carboxylic acids is 1. The molecule has 0 spiro atoms. The fourth-order valence-electron chi connectivity index (χ4n) is 1.50. The van der Waals surface area contributed by atoms with Crippen molar-refractivity contribution in [2.75, 3.05) is 13.2 Å². The summed E-state index contributed by atoms with van der Waals surface area (Å²) in [6.07, 6.45) is 0. The highest BCUT2D eigenvalue weighted by atomic mass is 127. The molecule has 0 heterocycles. The van der Waals surface area contributed by atoms with Gasteiger partial charge in [0.15, 0.2) is 0 Å². The number of rotatable bonds is 5. The molecule has 0 aliphatic heterocycles. The van der Waals surface area contributed by atoms with Crippen molar-refractivity contribution in [1.82, 2.24) is 5.32 Å². The van der Waals surface area contributed by atoms with E-state index in [0.717, 1.165) is 3.57 Å². The Morgan fingerprint density at radius 1 is 1.50 bits per heavy atom. The third-order valence-corrected chi connectivity index (χ3v) is 3.56. The van der Waals surface area contributed by atoms with E-state index in [-0.39, 0.29) is 11.5 Å². The third kappa shape index (κ3) is 4.74. The van der Waals surface area contributed by atoms with Crippen molar-refractivity contribution >= 4 is 40.1 Å². The Kier molecular flexibility index (Phi) is 5.88. The van der Waals surface area contributed by atoms with Gasteiger partial charge in [-0.15, -0.1) is 0 Å². The summed E-state index contributed by atoms with van der Waals surface area (Å²) < 4.78 is 6.41. The van der Waals surface area contributed by atoms with E-state index in [2.05, 4.69) is 27.9 Å². The zero-order valence-corrected chi connectivity index (χ0v) is 13.6. The third-order valence-electron chi connectivity index (χ3n) is 2.38. The molecular weight excluding hydrogens is 365 g/mol. The fraction of sp³-hybridized carbons (Fsp3) is 0.462. The van der Waals surface area contributed by atoms with E-state index in [1.165, 1.54) is 0 Å². The minimum Gasteiger partial charge on any atom is -0.374 e. The van der Waals surface area contributed by atoms with Gasteiger partial charge in [-0.1, -0.05) is 11.6 Å². The maximum atomic E-state index is 12.0. The van der Waals surface area contributed by atoms with Gasteiger partial charge in [0.25, 0.3) is 5.91 Å². The first-order valence-corrected chi connectivity index (χ1v) is 7.18. The van der Waals surface area contributed by atoms with Gasteiger partial charge in [0.1, 0.15) is 0 Å². The monoisotopic (exact) mass is 381 g/mol. The molecule has 0 radical (unpaired) electrons. The Morgan fingerprint density at radius 3 is 2.78 bits per heavy atom. The number of ether oxygens (including phenoxy) is 1. The summed E-state index contributed by atoms with van der Waals surface area (Å²) in [4.78, 5) is 12.0. The van der Waals surface area contributed by atoms with E-state index in [9.17, 15) is 4.79 Å². The first-order chi connectivity index (χ1) is 8.35. The van der Waals surface area contributed by atoms with Crippen LogP contribution in [0.4, 0.5) is 0 Å². The minimum absolute atomic E-state index is 0.130. The van der Waals surface area contributed by atoms with Crippen LogP contribution in [0.3, 0.4) is 0 Å². The largest absolute Gasteiger partial charge is 0.374 e. The van der Waals surface area contributed by atoms with Gasteiger partial charge >= 0.3 is 0 Å². The van der Waals surface area contributed by atoms with Gasteiger partial charge in [-0.05, 0) is 61.6 Å². The number of benzene rings is 1. The lowest BCUT2D eigenvalue weighted by molar-refractivity contribution is -0.00815. The number of nitrogens with one attached hydrogen (secondary N) is 1. The predicted molar refractivity (Wildman–Crippen MR) is 82.2 cm³/mol. The van der Waals surface area contributed by atoms with E-state index in [4.69, 9.17) is 16.3 Å². The van der Waals surface area contributed by atoms with E-state index < -0.39 is 0 Å². The Balaban J connectivity index is 2.69. The average molecular weight is 382 g/mol. The Bertz CT molecular complexity index is 435. The van der Waals surface area contributed by atoms with Gasteiger partial charge in [0, 0.05) is 21.7 Å². The zero-order chi connectivity index (χ0) is 13.8. The molecular formula is C13H17ClINO2. The molecule has 1 N–H and O–H groups in total. The van der Waals surface area contributed by atoms with E-state index in [1.807, 2.05) is 26.8 Å². The molecule has 0 bridgehead atoms. The summed E-state index contributed by atoms with van der Waals surface area (Å²) in [5, 5.41) is 3.42. The van der Waals surface area contributed by atoms with Crippen molar-refractivity contribution in [1.29, 1.82) is 0 Å². The average Bonchev–Trinajstić information content (AvgIpc) is 2.29. The van der Waals surface area contributed by atoms with E-state index in [0.29, 0.717) is 23.7 Å². The molecule has 5 heteroatoms. The fourth-order valence-corrected chi connectivity index (χ4v) is 2.25. The van der Waals surface area contributed by atoms with Gasteiger partial charge in [0.05, 0.1) is 11.2 Å². The van der Waals surface area contributed by atoms with Crippen molar-refractivity contribution in [2.45, 2.75) is 26.4 Å². The Morgan fingerprint density at radius 2 is 2.17 bits per heavy atom. The second kappa shape index (κ2) is 6.73. The maximum Gasteiger partial charge on any atom is 0.252 e. The second-order valence-corrected chi connectivity index (χ2v) is 6.10. The van der Waals surface area contributed by atoms with Crippen molar-refractivity contribution in [3.05, 3.63) is 32.4 Å². The quantitative estimate of drug-likeness (QED) is 0.793. The lowest BCUT2D eigenvalue weighted by atomic mass is 10.1.